The third kappa shape index (κ3) is 5.23. The molecule has 7 heteroatoms. The number of aromatic nitrogens is 2. The summed E-state index contributed by atoms with van der Waals surface area (Å²) in [6.07, 6.45) is 3.59. The molecule has 148 valence electrons. The van der Waals surface area contributed by atoms with Gasteiger partial charge in [-0.1, -0.05) is 30.0 Å². The maximum atomic E-state index is 13.2. The van der Waals surface area contributed by atoms with Crippen molar-refractivity contribution in [3.8, 4) is 0 Å². The molecule has 1 saturated heterocycles. The van der Waals surface area contributed by atoms with E-state index in [2.05, 4.69) is 30.8 Å². The minimum Gasteiger partial charge on any atom is -0.336 e. The second kappa shape index (κ2) is 9.52. The average molecular weight is 469 g/mol. The van der Waals surface area contributed by atoms with E-state index in [9.17, 15) is 4.79 Å². The summed E-state index contributed by atoms with van der Waals surface area (Å²) in [6.45, 7) is 3.98. The van der Waals surface area contributed by atoms with E-state index >= 15 is 0 Å². The Bertz CT molecular complexity index is 960. The highest BCUT2D eigenvalue weighted by Crippen LogP contribution is 2.30. The zero-order chi connectivity index (χ0) is 20.1. The lowest BCUT2D eigenvalue weighted by Gasteiger charge is -2.34. The van der Waals surface area contributed by atoms with Crippen LogP contribution in [0.4, 0.5) is 0 Å². The van der Waals surface area contributed by atoms with Crippen LogP contribution in [0.2, 0.25) is 0 Å². The molecule has 4 rings (SSSR count). The molecule has 0 aliphatic carbocycles. The third-order valence-electron chi connectivity index (χ3n) is 4.80. The Morgan fingerprint density at radius 1 is 0.966 bits per heavy atom. The van der Waals surface area contributed by atoms with E-state index in [0.29, 0.717) is 0 Å². The van der Waals surface area contributed by atoms with E-state index in [1.807, 2.05) is 65.7 Å². The van der Waals surface area contributed by atoms with Crippen molar-refractivity contribution in [1.29, 1.82) is 0 Å². The molecule has 0 saturated carbocycles. The molecule has 1 fully saturated rings. The van der Waals surface area contributed by atoms with Gasteiger partial charge < -0.3 is 4.90 Å². The highest BCUT2D eigenvalue weighted by molar-refractivity contribution is 9.10. The van der Waals surface area contributed by atoms with Crippen LogP contribution in [0, 0.1) is 0 Å². The Labute approximate surface area is 183 Å². The van der Waals surface area contributed by atoms with Crippen LogP contribution in [0.1, 0.15) is 16.1 Å². The maximum absolute atomic E-state index is 13.2. The minimum absolute atomic E-state index is 0.0858. The number of halogens is 1. The Morgan fingerprint density at radius 2 is 1.76 bits per heavy atom. The summed E-state index contributed by atoms with van der Waals surface area (Å²) >= 11 is 4.93. The molecule has 0 bridgehead atoms. The summed E-state index contributed by atoms with van der Waals surface area (Å²) in [5.74, 6) is 0.0858. The second-order valence-corrected chi connectivity index (χ2v) is 8.78. The van der Waals surface area contributed by atoms with Crippen LogP contribution in [-0.4, -0.2) is 51.9 Å². The first-order valence-corrected chi connectivity index (χ1v) is 11.1. The number of hydrogen-bond acceptors (Lipinski definition) is 5. The molecular formula is C22H21BrN4OS. The van der Waals surface area contributed by atoms with Gasteiger partial charge in [0.15, 0.2) is 0 Å². The molecule has 1 aliphatic rings. The molecule has 2 aromatic heterocycles. The van der Waals surface area contributed by atoms with Gasteiger partial charge in [-0.3, -0.25) is 14.7 Å². The van der Waals surface area contributed by atoms with Gasteiger partial charge in [0.25, 0.3) is 5.91 Å². The average Bonchev–Trinajstić information content (AvgIpc) is 2.77. The Morgan fingerprint density at radius 3 is 2.48 bits per heavy atom. The third-order valence-corrected chi connectivity index (χ3v) is 6.30. The monoisotopic (exact) mass is 468 g/mol. The predicted octanol–water partition coefficient (Wildman–Crippen LogP) is 4.35. The van der Waals surface area contributed by atoms with Crippen molar-refractivity contribution in [3.63, 3.8) is 0 Å². The molecule has 0 radical (unpaired) electrons. The molecule has 3 heterocycles. The van der Waals surface area contributed by atoms with Crippen molar-refractivity contribution in [3.05, 3.63) is 82.7 Å². The lowest BCUT2D eigenvalue weighted by molar-refractivity contribution is 0.0623. The van der Waals surface area contributed by atoms with Gasteiger partial charge >= 0.3 is 0 Å². The van der Waals surface area contributed by atoms with Crippen molar-refractivity contribution < 1.29 is 4.79 Å². The first-order chi connectivity index (χ1) is 14.2. The number of rotatable bonds is 5. The summed E-state index contributed by atoms with van der Waals surface area (Å²) in [7, 11) is 0. The Hall–Kier alpha value is -2.22. The zero-order valence-electron chi connectivity index (χ0n) is 15.9. The van der Waals surface area contributed by atoms with Crippen LogP contribution in [0.3, 0.4) is 0 Å². The topological polar surface area (TPSA) is 49.3 Å². The summed E-state index contributed by atoms with van der Waals surface area (Å²) < 4.78 is 0.940. The zero-order valence-corrected chi connectivity index (χ0v) is 18.3. The summed E-state index contributed by atoms with van der Waals surface area (Å²) in [5.41, 5.74) is 1.80. The van der Waals surface area contributed by atoms with E-state index in [4.69, 9.17) is 0 Å². The summed E-state index contributed by atoms with van der Waals surface area (Å²) in [5, 5.41) is 0.869. The summed E-state index contributed by atoms with van der Waals surface area (Å²) in [4.78, 5) is 27.2. The van der Waals surface area contributed by atoms with Crippen molar-refractivity contribution >= 4 is 33.6 Å². The molecule has 0 N–H and O–H groups in total. The number of benzene rings is 1. The van der Waals surface area contributed by atoms with E-state index in [1.165, 1.54) is 11.8 Å². The first-order valence-electron chi connectivity index (χ1n) is 9.49. The van der Waals surface area contributed by atoms with Gasteiger partial charge in [0.05, 0.1) is 11.3 Å². The molecule has 29 heavy (non-hydrogen) atoms. The van der Waals surface area contributed by atoms with Gasteiger partial charge in [-0.05, 0) is 52.3 Å². The molecule has 0 unspecified atom stereocenters. The molecular weight excluding hydrogens is 448 g/mol. The number of carbonyl (C=O) groups excluding carboxylic acids is 1. The van der Waals surface area contributed by atoms with Crippen molar-refractivity contribution in [1.82, 2.24) is 19.8 Å². The number of nitrogens with zero attached hydrogens (tertiary/aromatic N) is 4. The molecule has 3 aromatic rings. The van der Waals surface area contributed by atoms with E-state index in [-0.39, 0.29) is 5.91 Å². The molecule has 0 atom stereocenters. The fourth-order valence-corrected chi connectivity index (χ4v) is 4.38. The SMILES string of the molecule is O=C(c1ccccc1Sc1ccc(Br)cn1)N1CCN(Cc2ccccn2)CC1. The van der Waals surface area contributed by atoms with E-state index in [1.54, 1.807) is 6.20 Å². The van der Waals surface area contributed by atoms with Crippen LogP contribution in [0.5, 0.6) is 0 Å². The molecule has 1 amide bonds. The molecule has 5 nitrogen and oxygen atoms in total. The van der Waals surface area contributed by atoms with Gasteiger partial charge in [-0.2, -0.15) is 0 Å². The smallest absolute Gasteiger partial charge is 0.255 e. The highest BCUT2D eigenvalue weighted by atomic mass is 79.9. The molecule has 1 aromatic carbocycles. The lowest BCUT2D eigenvalue weighted by Crippen LogP contribution is -2.48. The Balaban J connectivity index is 1.40. The van der Waals surface area contributed by atoms with E-state index in [0.717, 1.165) is 58.4 Å². The fourth-order valence-electron chi connectivity index (χ4n) is 3.27. The predicted molar refractivity (Wildman–Crippen MR) is 118 cm³/mol. The van der Waals surface area contributed by atoms with Crippen LogP contribution < -0.4 is 0 Å². The standard InChI is InChI=1S/C22H21BrN4OS/c23-17-8-9-21(25-15-17)29-20-7-2-1-6-19(20)22(28)27-13-11-26(12-14-27)16-18-5-3-4-10-24-18/h1-10,15H,11-14,16H2. The lowest BCUT2D eigenvalue weighted by atomic mass is 10.1. The number of hydrogen-bond donors (Lipinski definition) is 0. The number of amides is 1. The van der Waals surface area contributed by atoms with Crippen LogP contribution >= 0.6 is 27.7 Å². The number of pyridine rings is 2. The van der Waals surface area contributed by atoms with Crippen molar-refractivity contribution in [2.45, 2.75) is 16.5 Å². The maximum Gasteiger partial charge on any atom is 0.255 e. The minimum atomic E-state index is 0.0858. The van der Waals surface area contributed by atoms with Crippen LogP contribution in [0.15, 0.2) is 81.4 Å². The largest absolute Gasteiger partial charge is 0.336 e. The van der Waals surface area contributed by atoms with Gasteiger partial charge in [-0.25, -0.2) is 4.98 Å². The number of piperazine rings is 1. The van der Waals surface area contributed by atoms with Crippen LogP contribution in [-0.2, 0) is 6.54 Å². The highest BCUT2D eigenvalue weighted by Gasteiger charge is 2.24. The van der Waals surface area contributed by atoms with Gasteiger partial charge in [0.2, 0.25) is 0 Å². The van der Waals surface area contributed by atoms with Crippen molar-refractivity contribution in [2.75, 3.05) is 26.2 Å². The first kappa shape index (κ1) is 20.1. The fraction of sp³-hybridized carbons (Fsp3) is 0.227. The molecule has 0 spiro atoms. The molecule has 1 aliphatic heterocycles. The summed E-state index contributed by atoms with van der Waals surface area (Å²) in [6, 6.07) is 17.7. The van der Waals surface area contributed by atoms with Crippen LogP contribution in [0.25, 0.3) is 0 Å². The van der Waals surface area contributed by atoms with Gasteiger partial charge in [0, 0.05) is 54.5 Å². The Kier molecular flexibility index (Phi) is 6.59. The van der Waals surface area contributed by atoms with Crippen molar-refractivity contribution in [2.24, 2.45) is 0 Å². The second-order valence-electron chi connectivity index (χ2n) is 6.80. The number of carbonyl (C=O) groups is 1. The van der Waals surface area contributed by atoms with Gasteiger partial charge in [0.1, 0.15) is 5.03 Å². The normalized spacial score (nSPS) is 14.7. The quantitative estimate of drug-likeness (QED) is 0.556. The van der Waals surface area contributed by atoms with Gasteiger partial charge in [-0.15, -0.1) is 0 Å². The van der Waals surface area contributed by atoms with E-state index < -0.39 is 0 Å².